The first kappa shape index (κ1) is 16.3. The van der Waals surface area contributed by atoms with E-state index in [9.17, 15) is 9.90 Å². The number of amides is 1. The second-order valence-corrected chi connectivity index (χ2v) is 6.12. The average molecular weight is 314 g/mol. The molecular weight excluding hydrogens is 290 g/mol. The van der Waals surface area contributed by atoms with Gasteiger partial charge in [-0.15, -0.1) is 12.4 Å². The number of nitrogens with zero attached hydrogens (tertiary/aromatic N) is 1. The summed E-state index contributed by atoms with van der Waals surface area (Å²) in [5.74, 6) is -0.0201. The van der Waals surface area contributed by atoms with Crippen LogP contribution in [0.4, 0.5) is 0 Å². The maximum Gasteiger partial charge on any atom is 0.267 e. The van der Waals surface area contributed by atoms with Crippen molar-refractivity contribution in [3.63, 3.8) is 0 Å². The van der Waals surface area contributed by atoms with Crippen molar-refractivity contribution in [2.24, 2.45) is 5.41 Å². The summed E-state index contributed by atoms with van der Waals surface area (Å²) in [6, 6.07) is 4.24. The van der Waals surface area contributed by atoms with Gasteiger partial charge >= 0.3 is 0 Å². The summed E-state index contributed by atoms with van der Waals surface area (Å²) >= 11 is 0. The first-order valence-corrected chi connectivity index (χ1v) is 7.51. The van der Waals surface area contributed by atoms with Gasteiger partial charge in [0.2, 0.25) is 0 Å². The predicted octanol–water partition coefficient (Wildman–Crippen LogP) is 1.34. The van der Waals surface area contributed by atoms with Gasteiger partial charge in [0.25, 0.3) is 5.91 Å². The number of nitrogens with one attached hydrogen (secondary N) is 2. The van der Waals surface area contributed by atoms with Crippen LogP contribution in [-0.4, -0.2) is 41.8 Å². The number of piperidine rings is 1. The van der Waals surface area contributed by atoms with Crippen LogP contribution in [0.25, 0.3) is 0 Å². The molecule has 0 aromatic carbocycles. The van der Waals surface area contributed by atoms with E-state index in [2.05, 4.69) is 15.2 Å². The van der Waals surface area contributed by atoms with Gasteiger partial charge in [-0.1, -0.05) is 0 Å². The highest BCUT2D eigenvalue weighted by Gasteiger charge is 2.42. The van der Waals surface area contributed by atoms with Crippen molar-refractivity contribution in [2.45, 2.75) is 31.7 Å². The molecule has 1 aliphatic heterocycles. The van der Waals surface area contributed by atoms with Crippen LogP contribution in [0.3, 0.4) is 0 Å². The monoisotopic (exact) mass is 313 g/mol. The van der Waals surface area contributed by atoms with E-state index in [4.69, 9.17) is 0 Å². The number of aromatic nitrogens is 1. The Balaban J connectivity index is 0.00000161. The van der Waals surface area contributed by atoms with Crippen LogP contribution in [0.5, 0.6) is 0 Å². The molecule has 1 aromatic heterocycles. The van der Waals surface area contributed by atoms with Crippen LogP contribution >= 0.6 is 12.4 Å². The lowest BCUT2D eigenvalue weighted by molar-refractivity contribution is 0.0922. The number of aliphatic hydroxyl groups excluding tert-OH is 1. The summed E-state index contributed by atoms with van der Waals surface area (Å²) in [4.78, 5) is 12.3. The molecule has 0 unspecified atom stereocenters. The molecule has 2 fully saturated rings. The molecule has 3 rings (SSSR count). The van der Waals surface area contributed by atoms with Gasteiger partial charge in [0, 0.05) is 24.2 Å². The van der Waals surface area contributed by atoms with Crippen molar-refractivity contribution in [1.82, 2.24) is 15.2 Å². The molecule has 1 aliphatic carbocycles. The van der Waals surface area contributed by atoms with Crippen molar-refractivity contribution in [3.05, 3.63) is 24.0 Å². The van der Waals surface area contributed by atoms with E-state index in [1.54, 1.807) is 0 Å². The fraction of sp³-hybridized carbons (Fsp3) is 0.667. The normalized spacial score (nSPS) is 20.6. The maximum absolute atomic E-state index is 12.3. The average Bonchev–Trinajstić information content (AvgIpc) is 3.12. The van der Waals surface area contributed by atoms with Gasteiger partial charge in [-0.2, -0.15) is 0 Å². The lowest BCUT2D eigenvalue weighted by Crippen LogP contribution is -2.35. The first-order chi connectivity index (χ1) is 9.74. The standard InChI is InChI=1S/C15H23N3O2.ClH/c19-11-15(5-6-15)10-17-14(20)13-2-1-9-18(13)12-3-7-16-8-4-12;/h1-2,9,12,16,19H,3-8,10-11H2,(H,17,20);1H. The highest BCUT2D eigenvalue weighted by molar-refractivity contribution is 5.92. The molecular formula is C15H24ClN3O2. The Labute approximate surface area is 131 Å². The molecule has 6 heteroatoms. The zero-order chi connectivity index (χ0) is 14.0. The van der Waals surface area contributed by atoms with E-state index >= 15 is 0 Å². The van der Waals surface area contributed by atoms with Gasteiger partial charge in [-0.3, -0.25) is 4.79 Å². The topological polar surface area (TPSA) is 66.3 Å². The molecule has 1 saturated heterocycles. The number of rotatable bonds is 5. The molecule has 1 aromatic rings. The van der Waals surface area contributed by atoms with Gasteiger partial charge in [0.05, 0.1) is 6.61 Å². The minimum atomic E-state index is -0.0398. The zero-order valence-electron chi connectivity index (χ0n) is 12.2. The summed E-state index contributed by atoms with van der Waals surface area (Å²) < 4.78 is 2.11. The number of halogens is 1. The minimum Gasteiger partial charge on any atom is -0.396 e. The Bertz CT molecular complexity index is 479. The summed E-state index contributed by atoms with van der Waals surface area (Å²) in [5.41, 5.74) is 0.701. The van der Waals surface area contributed by atoms with Gasteiger partial charge < -0.3 is 20.3 Å². The lowest BCUT2D eigenvalue weighted by atomic mass is 10.1. The van der Waals surface area contributed by atoms with Crippen molar-refractivity contribution in [3.8, 4) is 0 Å². The fourth-order valence-electron chi connectivity index (χ4n) is 2.92. The zero-order valence-corrected chi connectivity index (χ0v) is 13.0. The van der Waals surface area contributed by atoms with Crippen molar-refractivity contribution < 1.29 is 9.90 Å². The Kier molecular flexibility index (Phi) is 5.30. The van der Waals surface area contributed by atoms with Crippen LogP contribution in [0, 0.1) is 5.41 Å². The molecule has 3 N–H and O–H groups in total. The SMILES string of the molecule is Cl.O=C(NCC1(CO)CC1)c1cccn1C1CCNCC1. The van der Waals surface area contributed by atoms with Gasteiger partial charge in [-0.05, 0) is 50.9 Å². The molecule has 5 nitrogen and oxygen atoms in total. The second-order valence-electron chi connectivity index (χ2n) is 6.12. The van der Waals surface area contributed by atoms with Gasteiger partial charge in [0.15, 0.2) is 0 Å². The molecule has 1 saturated carbocycles. The highest BCUT2D eigenvalue weighted by atomic mass is 35.5. The van der Waals surface area contributed by atoms with E-state index in [0.717, 1.165) is 44.5 Å². The van der Waals surface area contributed by atoms with Crippen LogP contribution in [-0.2, 0) is 0 Å². The van der Waals surface area contributed by atoms with Crippen molar-refractivity contribution in [1.29, 1.82) is 0 Å². The predicted molar refractivity (Wildman–Crippen MR) is 83.9 cm³/mol. The van der Waals surface area contributed by atoms with Crippen LogP contribution in [0.2, 0.25) is 0 Å². The number of hydrogen-bond acceptors (Lipinski definition) is 3. The van der Waals surface area contributed by atoms with E-state index < -0.39 is 0 Å². The van der Waals surface area contributed by atoms with E-state index in [1.807, 2.05) is 18.3 Å². The molecule has 118 valence electrons. The number of carbonyl (C=O) groups excluding carboxylic acids is 1. The number of carbonyl (C=O) groups is 1. The second kappa shape index (κ2) is 6.81. The fourth-order valence-corrected chi connectivity index (χ4v) is 2.92. The largest absolute Gasteiger partial charge is 0.396 e. The molecule has 0 bridgehead atoms. The van der Waals surface area contributed by atoms with Crippen LogP contribution < -0.4 is 10.6 Å². The lowest BCUT2D eigenvalue weighted by Gasteiger charge is -2.26. The van der Waals surface area contributed by atoms with Crippen molar-refractivity contribution in [2.75, 3.05) is 26.2 Å². The number of aliphatic hydroxyl groups is 1. The Hall–Kier alpha value is -1.04. The minimum absolute atomic E-state index is 0. The summed E-state index contributed by atoms with van der Waals surface area (Å²) in [6.07, 6.45) is 6.16. The van der Waals surface area contributed by atoms with Crippen LogP contribution in [0.1, 0.15) is 42.2 Å². The highest BCUT2D eigenvalue weighted by Crippen LogP contribution is 2.44. The Morgan fingerprint density at radius 1 is 1.43 bits per heavy atom. The molecule has 0 spiro atoms. The van der Waals surface area contributed by atoms with Gasteiger partial charge in [-0.25, -0.2) is 0 Å². The molecule has 0 radical (unpaired) electrons. The third-order valence-corrected chi connectivity index (χ3v) is 4.63. The van der Waals surface area contributed by atoms with Crippen LogP contribution in [0.15, 0.2) is 18.3 Å². The molecule has 2 aliphatic rings. The van der Waals surface area contributed by atoms with E-state index in [1.165, 1.54) is 0 Å². The third-order valence-electron chi connectivity index (χ3n) is 4.63. The molecule has 2 heterocycles. The first-order valence-electron chi connectivity index (χ1n) is 7.51. The summed E-state index contributed by atoms with van der Waals surface area (Å²) in [6.45, 7) is 2.78. The summed E-state index contributed by atoms with van der Waals surface area (Å²) in [7, 11) is 0. The molecule has 1 amide bonds. The van der Waals surface area contributed by atoms with E-state index in [-0.39, 0.29) is 30.3 Å². The maximum atomic E-state index is 12.3. The number of hydrogen-bond donors (Lipinski definition) is 3. The molecule has 21 heavy (non-hydrogen) atoms. The Morgan fingerprint density at radius 3 is 2.76 bits per heavy atom. The third kappa shape index (κ3) is 3.59. The Morgan fingerprint density at radius 2 is 2.14 bits per heavy atom. The quantitative estimate of drug-likeness (QED) is 0.768. The van der Waals surface area contributed by atoms with E-state index in [0.29, 0.717) is 12.6 Å². The summed E-state index contributed by atoms with van der Waals surface area (Å²) in [5, 5.41) is 15.6. The molecule has 0 atom stereocenters. The van der Waals surface area contributed by atoms with Crippen molar-refractivity contribution >= 4 is 18.3 Å². The smallest absolute Gasteiger partial charge is 0.267 e. The van der Waals surface area contributed by atoms with Gasteiger partial charge in [0.1, 0.15) is 5.69 Å².